The van der Waals surface area contributed by atoms with Crippen LogP contribution in [0.1, 0.15) is 31.0 Å². The van der Waals surface area contributed by atoms with Crippen molar-refractivity contribution in [1.82, 2.24) is 9.78 Å². The molecule has 0 aliphatic rings. The van der Waals surface area contributed by atoms with Crippen molar-refractivity contribution in [2.24, 2.45) is 7.05 Å². The zero-order chi connectivity index (χ0) is 15.2. The minimum atomic E-state index is 0.0697. The van der Waals surface area contributed by atoms with Crippen molar-refractivity contribution >= 4 is 5.69 Å². The minimum Gasteiger partial charge on any atom is -0.479 e. The van der Waals surface area contributed by atoms with Gasteiger partial charge in [0.15, 0.2) is 6.61 Å². The van der Waals surface area contributed by atoms with E-state index in [2.05, 4.69) is 24.3 Å². The maximum absolute atomic E-state index is 8.47. The van der Waals surface area contributed by atoms with Crippen molar-refractivity contribution in [2.45, 2.75) is 26.3 Å². The molecule has 2 rings (SSSR count). The number of anilines is 1. The summed E-state index contributed by atoms with van der Waals surface area (Å²) in [6.07, 6.45) is 2.05. The summed E-state index contributed by atoms with van der Waals surface area (Å²) in [7, 11) is 1.94. The maximum Gasteiger partial charge on any atom is 0.174 e. The van der Waals surface area contributed by atoms with Crippen LogP contribution in [0.2, 0.25) is 0 Å². The summed E-state index contributed by atoms with van der Waals surface area (Å²) in [5.74, 6) is 1.11. The Balaban J connectivity index is 1.98. The van der Waals surface area contributed by atoms with Crippen molar-refractivity contribution in [3.05, 3.63) is 41.7 Å². The lowest BCUT2D eigenvalue weighted by molar-refractivity contribution is 0.368. The second-order valence-electron chi connectivity index (χ2n) is 5.19. The molecule has 0 fully saturated rings. The van der Waals surface area contributed by atoms with E-state index in [1.165, 1.54) is 5.56 Å². The van der Waals surface area contributed by atoms with Crippen LogP contribution in [0, 0.1) is 11.3 Å². The van der Waals surface area contributed by atoms with E-state index in [9.17, 15) is 0 Å². The SMILES string of the molecule is CC(C)c1nn(C)cc1CNc1ccc(OCC#N)cc1. The molecule has 0 amide bonds. The highest BCUT2D eigenvalue weighted by Crippen LogP contribution is 2.20. The van der Waals surface area contributed by atoms with Crippen LogP contribution in [0.3, 0.4) is 0 Å². The second kappa shape index (κ2) is 6.80. The van der Waals surface area contributed by atoms with Gasteiger partial charge in [-0.2, -0.15) is 10.4 Å². The number of nitriles is 1. The average Bonchev–Trinajstić information content (AvgIpc) is 2.85. The van der Waals surface area contributed by atoms with E-state index in [0.29, 0.717) is 11.7 Å². The van der Waals surface area contributed by atoms with E-state index in [0.717, 1.165) is 17.9 Å². The smallest absolute Gasteiger partial charge is 0.174 e. The molecule has 2 aromatic rings. The summed E-state index contributed by atoms with van der Waals surface area (Å²) >= 11 is 0. The highest BCUT2D eigenvalue weighted by atomic mass is 16.5. The van der Waals surface area contributed by atoms with Crippen LogP contribution in [0.4, 0.5) is 5.69 Å². The molecule has 0 aliphatic heterocycles. The molecule has 1 aromatic heterocycles. The van der Waals surface area contributed by atoms with Crippen molar-refractivity contribution in [1.29, 1.82) is 5.26 Å². The normalized spacial score (nSPS) is 10.4. The predicted molar refractivity (Wildman–Crippen MR) is 82.2 cm³/mol. The Bertz CT molecular complexity index is 623. The Morgan fingerprint density at radius 1 is 1.33 bits per heavy atom. The molecule has 0 radical (unpaired) electrons. The molecule has 0 spiro atoms. The quantitative estimate of drug-likeness (QED) is 0.885. The lowest BCUT2D eigenvalue weighted by Crippen LogP contribution is -2.02. The van der Waals surface area contributed by atoms with Crippen molar-refractivity contribution in [3.8, 4) is 11.8 Å². The van der Waals surface area contributed by atoms with Crippen LogP contribution >= 0.6 is 0 Å². The molecule has 5 heteroatoms. The Morgan fingerprint density at radius 3 is 2.67 bits per heavy atom. The van der Waals surface area contributed by atoms with E-state index in [4.69, 9.17) is 10.00 Å². The summed E-state index contributed by atoms with van der Waals surface area (Å²) in [6.45, 7) is 5.10. The van der Waals surface area contributed by atoms with E-state index < -0.39 is 0 Å². The molecule has 0 saturated heterocycles. The van der Waals surface area contributed by atoms with E-state index >= 15 is 0 Å². The Hall–Kier alpha value is -2.48. The number of hydrogen-bond acceptors (Lipinski definition) is 4. The first kappa shape index (κ1) is 14.9. The third-order valence-electron chi connectivity index (χ3n) is 3.12. The zero-order valence-electron chi connectivity index (χ0n) is 12.6. The molecule has 21 heavy (non-hydrogen) atoms. The summed E-state index contributed by atoms with van der Waals surface area (Å²) < 4.78 is 7.08. The number of rotatable bonds is 6. The number of aryl methyl sites for hydroxylation is 1. The van der Waals surface area contributed by atoms with Crippen molar-refractivity contribution < 1.29 is 4.74 Å². The van der Waals surface area contributed by atoms with Crippen LogP contribution in [-0.4, -0.2) is 16.4 Å². The van der Waals surface area contributed by atoms with Gasteiger partial charge in [0.05, 0.1) is 5.69 Å². The van der Waals surface area contributed by atoms with Crippen LogP contribution < -0.4 is 10.1 Å². The van der Waals surface area contributed by atoms with Gasteiger partial charge in [0.2, 0.25) is 0 Å². The summed E-state index contributed by atoms with van der Waals surface area (Å²) in [4.78, 5) is 0. The van der Waals surface area contributed by atoms with Gasteiger partial charge in [0, 0.05) is 31.0 Å². The zero-order valence-corrected chi connectivity index (χ0v) is 12.6. The van der Waals surface area contributed by atoms with Gasteiger partial charge in [0.1, 0.15) is 11.8 Å². The number of ether oxygens (including phenoxy) is 1. The molecule has 1 N–H and O–H groups in total. The topological polar surface area (TPSA) is 62.9 Å². The average molecular weight is 284 g/mol. The van der Waals surface area contributed by atoms with E-state index in [1.807, 2.05) is 48.3 Å². The first-order chi connectivity index (χ1) is 10.1. The molecular weight excluding hydrogens is 264 g/mol. The van der Waals surface area contributed by atoms with Gasteiger partial charge in [-0.1, -0.05) is 13.8 Å². The molecule has 0 saturated carbocycles. The summed E-state index contributed by atoms with van der Waals surface area (Å²) in [5.41, 5.74) is 3.34. The van der Waals surface area contributed by atoms with Gasteiger partial charge in [0.25, 0.3) is 0 Å². The Labute approximate surface area is 125 Å². The fourth-order valence-electron chi connectivity index (χ4n) is 2.16. The standard InChI is InChI=1S/C16H20N4O/c1-12(2)16-13(11-20(3)19-16)10-18-14-4-6-15(7-5-14)21-9-8-17/h4-7,11-12,18H,9-10H2,1-3H3. The molecule has 1 aromatic carbocycles. The van der Waals surface area contributed by atoms with Crippen LogP contribution in [-0.2, 0) is 13.6 Å². The Kier molecular flexibility index (Phi) is 4.83. The molecule has 1 heterocycles. The first-order valence-corrected chi connectivity index (χ1v) is 6.96. The van der Waals surface area contributed by atoms with E-state index in [-0.39, 0.29) is 6.61 Å². The van der Waals surface area contributed by atoms with Crippen LogP contribution in [0.15, 0.2) is 30.5 Å². The van der Waals surface area contributed by atoms with Crippen LogP contribution in [0.25, 0.3) is 0 Å². The fraction of sp³-hybridized carbons (Fsp3) is 0.375. The molecule has 0 aliphatic carbocycles. The van der Waals surface area contributed by atoms with Gasteiger partial charge in [-0.15, -0.1) is 0 Å². The molecule has 0 atom stereocenters. The third kappa shape index (κ3) is 3.99. The monoisotopic (exact) mass is 284 g/mol. The number of nitrogens with zero attached hydrogens (tertiary/aromatic N) is 3. The van der Waals surface area contributed by atoms with E-state index in [1.54, 1.807) is 0 Å². The van der Waals surface area contributed by atoms with Crippen molar-refractivity contribution in [3.63, 3.8) is 0 Å². The molecular formula is C16H20N4O. The lowest BCUT2D eigenvalue weighted by atomic mass is 10.1. The molecule has 110 valence electrons. The van der Waals surface area contributed by atoms with Gasteiger partial charge in [-0.3, -0.25) is 4.68 Å². The van der Waals surface area contributed by atoms with Gasteiger partial charge in [-0.05, 0) is 30.2 Å². The highest BCUT2D eigenvalue weighted by Gasteiger charge is 2.10. The summed E-state index contributed by atoms with van der Waals surface area (Å²) in [6, 6.07) is 9.54. The highest BCUT2D eigenvalue weighted by molar-refractivity contribution is 5.47. The molecule has 5 nitrogen and oxygen atoms in total. The number of benzene rings is 1. The van der Waals surface area contributed by atoms with Gasteiger partial charge in [-0.25, -0.2) is 0 Å². The maximum atomic E-state index is 8.47. The minimum absolute atomic E-state index is 0.0697. The lowest BCUT2D eigenvalue weighted by Gasteiger charge is -2.09. The van der Waals surface area contributed by atoms with Crippen molar-refractivity contribution in [2.75, 3.05) is 11.9 Å². The fourth-order valence-corrected chi connectivity index (χ4v) is 2.16. The third-order valence-corrected chi connectivity index (χ3v) is 3.12. The van der Waals surface area contributed by atoms with Crippen LogP contribution in [0.5, 0.6) is 5.75 Å². The second-order valence-corrected chi connectivity index (χ2v) is 5.19. The van der Waals surface area contributed by atoms with Gasteiger partial charge < -0.3 is 10.1 Å². The largest absolute Gasteiger partial charge is 0.479 e. The van der Waals surface area contributed by atoms with Gasteiger partial charge >= 0.3 is 0 Å². The Morgan fingerprint density at radius 2 is 2.05 bits per heavy atom. The first-order valence-electron chi connectivity index (χ1n) is 6.96. The predicted octanol–water partition coefficient (Wildman–Crippen LogP) is 3.06. The molecule has 0 bridgehead atoms. The summed E-state index contributed by atoms with van der Waals surface area (Å²) in [5, 5.41) is 16.3. The molecule has 0 unspecified atom stereocenters. The number of aromatic nitrogens is 2. The number of nitrogens with one attached hydrogen (secondary N) is 1. The number of hydrogen-bond donors (Lipinski definition) is 1.